The molecule has 154 valence electrons. The molecule has 3 aromatic rings. The lowest BCUT2D eigenvalue weighted by atomic mass is 9.90. The number of ether oxygens (including phenoxy) is 1. The third-order valence-corrected chi connectivity index (χ3v) is 5.58. The summed E-state index contributed by atoms with van der Waals surface area (Å²) in [5, 5.41) is 3.64. The van der Waals surface area contributed by atoms with Gasteiger partial charge in [-0.2, -0.15) is 0 Å². The van der Waals surface area contributed by atoms with Crippen LogP contribution in [0.15, 0.2) is 78.9 Å². The number of para-hydroxylation sites is 1. The van der Waals surface area contributed by atoms with Crippen molar-refractivity contribution >= 4 is 11.5 Å². The van der Waals surface area contributed by atoms with E-state index in [2.05, 4.69) is 41.4 Å². The van der Waals surface area contributed by atoms with Gasteiger partial charge in [0.1, 0.15) is 5.75 Å². The highest BCUT2D eigenvalue weighted by Crippen LogP contribution is 2.29. The number of hydrogen-bond acceptors (Lipinski definition) is 4. The molecule has 0 saturated carbocycles. The van der Waals surface area contributed by atoms with E-state index in [1.165, 1.54) is 5.56 Å². The fraction of sp³-hybridized carbons (Fsp3) is 0.269. The van der Waals surface area contributed by atoms with Gasteiger partial charge in [0.25, 0.3) is 0 Å². The molecule has 1 aliphatic heterocycles. The van der Waals surface area contributed by atoms with E-state index in [4.69, 9.17) is 4.74 Å². The van der Waals surface area contributed by atoms with Gasteiger partial charge in [-0.05, 0) is 42.3 Å². The summed E-state index contributed by atoms with van der Waals surface area (Å²) in [6, 6.07) is 26.0. The molecule has 4 nitrogen and oxygen atoms in total. The topological polar surface area (TPSA) is 41.6 Å². The summed E-state index contributed by atoms with van der Waals surface area (Å²) in [7, 11) is 1.64. The minimum Gasteiger partial charge on any atom is -0.497 e. The van der Waals surface area contributed by atoms with Crippen molar-refractivity contribution in [1.29, 1.82) is 0 Å². The smallest absolute Gasteiger partial charge is 0.169 e. The van der Waals surface area contributed by atoms with Gasteiger partial charge in [0.15, 0.2) is 5.78 Å². The summed E-state index contributed by atoms with van der Waals surface area (Å²) < 4.78 is 5.20. The second kappa shape index (κ2) is 8.72. The number of Topliss-reactive ketones (excluding diaryl/α,β-unsaturated/α-hetero) is 1. The van der Waals surface area contributed by atoms with Crippen molar-refractivity contribution in [3.8, 4) is 5.75 Å². The summed E-state index contributed by atoms with van der Waals surface area (Å²) in [6.45, 7) is 5.07. The fourth-order valence-corrected chi connectivity index (χ4v) is 4.16. The Balaban J connectivity index is 1.40. The first-order valence-electron chi connectivity index (χ1n) is 10.3. The van der Waals surface area contributed by atoms with Gasteiger partial charge in [-0.15, -0.1) is 0 Å². The van der Waals surface area contributed by atoms with E-state index in [9.17, 15) is 4.79 Å². The van der Waals surface area contributed by atoms with E-state index in [1.807, 2.05) is 54.6 Å². The maximum absolute atomic E-state index is 13.0. The van der Waals surface area contributed by atoms with Crippen molar-refractivity contribution in [2.75, 3.05) is 25.5 Å². The van der Waals surface area contributed by atoms with Gasteiger partial charge in [0.05, 0.1) is 12.6 Å². The number of ketones is 1. The average Bonchev–Trinajstić information content (AvgIpc) is 2.74. The van der Waals surface area contributed by atoms with Crippen LogP contribution in [0.4, 0.5) is 5.69 Å². The number of hydrogen-bond donors (Lipinski definition) is 1. The number of methoxy groups -OCH3 is 1. The highest BCUT2D eigenvalue weighted by molar-refractivity contribution is 6.02. The summed E-state index contributed by atoms with van der Waals surface area (Å²) in [5.41, 5.74) is 3.94. The molecule has 1 fully saturated rings. The number of benzene rings is 3. The number of carbonyl (C=O) groups is 1. The number of carbonyl (C=O) groups excluding carboxylic acids is 1. The summed E-state index contributed by atoms with van der Waals surface area (Å²) in [4.78, 5) is 15.4. The Labute approximate surface area is 178 Å². The van der Waals surface area contributed by atoms with Gasteiger partial charge >= 0.3 is 0 Å². The number of nitrogens with zero attached hydrogens (tertiary/aromatic N) is 1. The zero-order valence-corrected chi connectivity index (χ0v) is 17.6. The Morgan fingerprint density at radius 1 is 0.933 bits per heavy atom. The monoisotopic (exact) mass is 400 g/mol. The van der Waals surface area contributed by atoms with Crippen LogP contribution < -0.4 is 10.1 Å². The van der Waals surface area contributed by atoms with Crippen molar-refractivity contribution in [2.45, 2.75) is 25.4 Å². The largest absolute Gasteiger partial charge is 0.497 e. The van der Waals surface area contributed by atoms with Crippen molar-refractivity contribution in [3.63, 3.8) is 0 Å². The molecule has 0 aliphatic carbocycles. The van der Waals surface area contributed by atoms with E-state index < -0.39 is 0 Å². The maximum atomic E-state index is 13.0. The van der Waals surface area contributed by atoms with Crippen LogP contribution in [0, 0.1) is 0 Å². The quantitative estimate of drug-likeness (QED) is 0.551. The maximum Gasteiger partial charge on any atom is 0.169 e. The first-order chi connectivity index (χ1) is 14.5. The van der Waals surface area contributed by atoms with Gasteiger partial charge in [-0.3, -0.25) is 9.69 Å². The molecule has 1 N–H and O–H groups in total. The minimum absolute atomic E-state index is 0.0364. The molecule has 4 heteroatoms. The number of nitrogens with one attached hydrogen (secondary N) is 1. The Kier molecular flexibility index (Phi) is 5.86. The van der Waals surface area contributed by atoms with Crippen molar-refractivity contribution in [1.82, 2.24) is 4.90 Å². The Hall–Kier alpha value is -3.11. The van der Waals surface area contributed by atoms with Crippen LogP contribution in [0.3, 0.4) is 0 Å². The standard InChI is InChI=1S/C26H28N2O2/c1-26(18-28(19-26)17-21-8-4-3-5-9-21)27-24-11-7-6-10-23(24)25(29)16-20-12-14-22(30-2)15-13-20/h3-15,27H,16-19H2,1-2H3. The zero-order chi connectivity index (χ0) is 21.0. The van der Waals surface area contributed by atoms with Crippen molar-refractivity contribution in [2.24, 2.45) is 0 Å². The number of likely N-dealkylation sites (tertiary alicyclic amines) is 1. The molecular weight excluding hydrogens is 372 g/mol. The minimum atomic E-state index is -0.0364. The molecule has 1 saturated heterocycles. The van der Waals surface area contributed by atoms with Crippen LogP contribution in [0.1, 0.15) is 28.4 Å². The van der Waals surface area contributed by atoms with Crippen LogP contribution in [-0.2, 0) is 13.0 Å². The third kappa shape index (κ3) is 4.71. The van der Waals surface area contributed by atoms with Crippen molar-refractivity contribution in [3.05, 3.63) is 95.6 Å². The zero-order valence-electron chi connectivity index (χ0n) is 17.6. The highest BCUT2D eigenvalue weighted by atomic mass is 16.5. The molecule has 3 aromatic carbocycles. The molecule has 0 radical (unpaired) electrons. The number of rotatable bonds is 8. The Bertz CT molecular complexity index is 993. The molecule has 0 amide bonds. The van der Waals surface area contributed by atoms with Crippen LogP contribution >= 0.6 is 0 Å². The number of anilines is 1. The molecule has 1 aliphatic rings. The molecule has 0 bridgehead atoms. The van der Waals surface area contributed by atoms with E-state index >= 15 is 0 Å². The van der Waals surface area contributed by atoms with Crippen LogP contribution in [-0.4, -0.2) is 36.4 Å². The van der Waals surface area contributed by atoms with Gasteiger partial charge in [-0.1, -0.05) is 54.6 Å². The lowest BCUT2D eigenvalue weighted by Gasteiger charge is -2.49. The lowest BCUT2D eigenvalue weighted by molar-refractivity contribution is 0.0903. The first kappa shape index (κ1) is 20.2. The summed E-state index contributed by atoms with van der Waals surface area (Å²) >= 11 is 0. The second-order valence-corrected chi connectivity index (χ2v) is 8.31. The molecule has 1 heterocycles. The van der Waals surface area contributed by atoms with Crippen LogP contribution in [0.5, 0.6) is 5.75 Å². The van der Waals surface area contributed by atoms with Gasteiger partial charge < -0.3 is 10.1 Å². The molecule has 4 rings (SSSR count). The molecule has 0 atom stereocenters. The average molecular weight is 401 g/mol. The first-order valence-corrected chi connectivity index (χ1v) is 10.3. The van der Waals surface area contributed by atoms with Crippen LogP contribution in [0.2, 0.25) is 0 Å². The highest BCUT2D eigenvalue weighted by Gasteiger charge is 2.38. The predicted octanol–water partition coefficient (Wildman–Crippen LogP) is 4.81. The van der Waals surface area contributed by atoms with E-state index in [1.54, 1.807) is 7.11 Å². The predicted molar refractivity (Wildman–Crippen MR) is 121 cm³/mol. The molecule has 30 heavy (non-hydrogen) atoms. The van der Waals surface area contributed by atoms with Crippen molar-refractivity contribution < 1.29 is 9.53 Å². The Morgan fingerprint density at radius 2 is 1.60 bits per heavy atom. The second-order valence-electron chi connectivity index (χ2n) is 8.31. The van der Waals surface area contributed by atoms with Gasteiger partial charge in [0.2, 0.25) is 0 Å². The van der Waals surface area contributed by atoms with Crippen LogP contribution in [0.25, 0.3) is 0 Å². The summed E-state index contributed by atoms with van der Waals surface area (Å²) in [5.74, 6) is 0.915. The molecular formula is C26H28N2O2. The lowest BCUT2D eigenvalue weighted by Crippen LogP contribution is -2.63. The third-order valence-electron chi connectivity index (χ3n) is 5.58. The van der Waals surface area contributed by atoms with E-state index in [0.29, 0.717) is 6.42 Å². The normalized spacial score (nSPS) is 15.3. The summed E-state index contributed by atoms with van der Waals surface area (Å²) in [6.07, 6.45) is 0.375. The molecule has 0 unspecified atom stereocenters. The molecule has 0 spiro atoms. The van der Waals surface area contributed by atoms with Gasteiger partial charge in [0, 0.05) is 37.3 Å². The van der Waals surface area contributed by atoms with Gasteiger partial charge in [-0.25, -0.2) is 0 Å². The molecule has 0 aromatic heterocycles. The SMILES string of the molecule is COc1ccc(CC(=O)c2ccccc2NC2(C)CN(Cc3ccccc3)C2)cc1. The Morgan fingerprint density at radius 3 is 2.30 bits per heavy atom. The van der Waals surface area contributed by atoms with E-state index in [-0.39, 0.29) is 11.3 Å². The van der Waals surface area contributed by atoms with E-state index in [0.717, 1.165) is 42.2 Å². The fourth-order valence-electron chi connectivity index (χ4n) is 4.16.